The normalized spacial score (nSPS) is 20.5. The van der Waals surface area contributed by atoms with Crippen LogP contribution in [0.5, 0.6) is 5.75 Å². The molecule has 0 spiro atoms. The molecule has 0 saturated heterocycles. The summed E-state index contributed by atoms with van der Waals surface area (Å²) in [6.07, 6.45) is 5.83. The van der Waals surface area contributed by atoms with Gasteiger partial charge in [-0.2, -0.15) is 0 Å². The number of aliphatic hydroxyl groups is 1. The van der Waals surface area contributed by atoms with Crippen LogP contribution >= 0.6 is 0 Å². The maximum absolute atomic E-state index is 12.0. The molecule has 0 heterocycles. The summed E-state index contributed by atoms with van der Waals surface area (Å²) in [6, 6.07) is 7.88. The maximum Gasteiger partial charge on any atom is 0.220 e. The van der Waals surface area contributed by atoms with Crippen LogP contribution in [0.4, 0.5) is 0 Å². The van der Waals surface area contributed by atoms with Crippen molar-refractivity contribution in [3.05, 3.63) is 42.0 Å². The van der Waals surface area contributed by atoms with Gasteiger partial charge in [-0.15, -0.1) is 0 Å². The Morgan fingerprint density at radius 2 is 2.19 bits per heavy atom. The number of ether oxygens (including phenoxy) is 1. The van der Waals surface area contributed by atoms with Crippen molar-refractivity contribution in [2.75, 3.05) is 13.2 Å². The fraction of sp³-hybridized carbons (Fsp3) is 0.471. The Balaban J connectivity index is 1.80. The van der Waals surface area contributed by atoms with Crippen molar-refractivity contribution in [3.63, 3.8) is 0 Å². The first-order chi connectivity index (χ1) is 10.2. The van der Waals surface area contributed by atoms with Crippen molar-refractivity contribution in [1.82, 2.24) is 5.32 Å². The minimum Gasteiger partial charge on any atom is -0.494 e. The zero-order valence-electron chi connectivity index (χ0n) is 12.4. The molecule has 0 bridgehead atoms. The van der Waals surface area contributed by atoms with Gasteiger partial charge in [0.25, 0.3) is 0 Å². The molecule has 21 heavy (non-hydrogen) atoms. The molecule has 4 nitrogen and oxygen atoms in total. The summed E-state index contributed by atoms with van der Waals surface area (Å²) in [5, 5.41) is 12.1. The summed E-state index contributed by atoms with van der Waals surface area (Å²) in [4.78, 5) is 12.0. The van der Waals surface area contributed by atoms with Gasteiger partial charge in [-0.3, -0.25) is 4.79 Å². The van der Waals surface area contributed by atoms with Gasteiger partial charge in [-0.1, -0.05) is 30.4 Å². The smallest absolute Gasteiger partial charge is 0.220 e. The molecular weight excluding hydrogens is 266 g/mol. The third-order valence-electron chi connectivity index (χ3n) is 3.65. The number of hydrogen-bond donors (Lipinski definition) is 2. The van der Waals surface area contributed by atoms with Gasteiger partial charge < -0.3 is 15.2 Å². The highest BCUT2D eigenvalue weighted by Crippen LogP contribution is 2.20. The summed E-state index contributed by atoms with van der Waals surface area (Å²) >= 11 is 0. The van der Waals surface area contributed by atoms with Crippen LogP contribution < -0.4 is 10.1 Å². The van der Waals surface area contributed by atoms with Crippen LogP contribution in [0.1, 0.15) is 25.3 Å². The monoisotopic (exact) mass is 289 g/mol. The van der Waals surface area contributed by atoms with Gasteiger partial charge in [0.15, 0.2) is 0 Å². The lowest BCUT2D eigenvalue weighted by Gasteiger charge is -2.13. The number of carbonyl (C=O) groups is 1. The number of para-hydroxylation sites is 1. The van der Waals surface area contributed by atoms with Gasteiger partial charge in [0.2, 0.25) is 5.91 Å². The summed E-state index contributed by atoms with van der Waals surface area (Å²) in [5.41, 5.74) is 1.06. The van der Waals surface area contributed by atoms with Crippen molar-refractivity contribution in [2.24, 2.45) is 5.92 Å². The number of aliphatic hydroxyl groups excluding tert-OH is 1. The SMILES string of the molecule is CCOc1ccccc1CCC(=O)N[C@@H]1C=C[C@H](CO)C1. The molecule has 4 heteroatoms. The molecule has 2 atom stereocenters. The first kappa shape index (κ1) is 15.6. The van der Waals surface area contributed by atoms with Crippen LogP contribution in [0.2, 0.25) is 0 Å². The fourth-order valence-corrected chi connectivity index (χ4v) is 2.55. The number of rotatable bonds is 7. The molecule has 0 saturated carbocycles. The van der Waals surface area contributed by atoms with E-state index in [0.717, 1.165) is 17.7 Å². The summed E-state index contributed by atoms with van der Waals surface area (Å²) < 4.78 is 5.56. The molecule has 1 aromatic carbocycles. The van der Waals surface area contributed by atoms with E-state index in [4.69, 9.17) is 9.84 Å². The van der Waals surface area contributed by atoms with Gasteiger partial charge in [0.1, 0.15) is 5.75 Å². The van der Waals surface area contributed by atoms with Crippen LogP contribution in [0.15, 0.2) is 36.4 Å². The van der Waals surface area contributed by atoms with E-state index in [9.17, 15) is 4.79 Å². The van der Waals surface area contributed by atoms with Crippen LogP contribution in [-0.2, 0) is 11.2 Å². The molecule has 1 aromatic rings. The Kier molecular flexibility index (Phi) is 5.81. The number of hydrogen-bond acceptors (Lipinski definition) is 3. The zero-order valence-corrected chi connectivity index (χ0v) is 12.4. The highest BCUT2D eigenvalue weighted by molar-refractivity contribution is 5.77. The standard InChI is InChI=1S/C17H23NO3/c1-2-21-16-6-4-3-5-14(16)8-10-17(20)18-15-9-7-13(11-15)12-19/h3-7,9,13,15,19H,2,8,10-12H2,1H3,(H,18,20)/t13-,15+/m0/s1. The molecule has 2 rings (SSSR count). The van der Waals surface area contributed by atoms with Gasteiger partial charge in [-0.25, -0.2) is 0 Å². The predicted octanol–water partition coefficient (Wildman–Crippen LogP) is 2.07. The van der Waals surface area contributed by atoms with Crippen LogP contribution in [-0.4, -0.2) is 30.3 Å². The van der Waals surface area contributed by atoms with Gasteiger partial charge in [0.05, 0.1) is 6.61 Å². The Hall–Kier alpha value is -1.81. The van der Waals surface area contributed by atoms with E-state index >= 15 is 0 Å². The number of nitrogens with one attached hydrogen (secondary N) is 1. The first-order valence-corrected chi connectivity index (χ1v) is 7.52. The third kappa shape index (κ3) is 4.60. The summed E-state index contributed by atoms with van der Waals surface area (Å²) in [5.74, 6) is 1.07. The first-order valence-electron chi connectivity index (χ1n) is 7.52. The number of benzene rings is 1. The lowest BCUT2D eigenvalue weighted by molar-refractivity contribution is -0.121. The Morgan fingerprint density at radius 3 is 2.90 bits per heavy atom. The predicted molar refractivity (Wildman–Crippen MR) is 82.2 cm³/mol. The molecule has 1 aliphatic carbocycles. The Morgan fingerprint density at radius 1 is 1.38 bits per heavy atom. The van der Waals surface area contributed by atoms with Crippen LogP contribution in [0.3, 0.4) is 0 Å². The molecule has 1 aliphatic rings. The van der Waals surface area contributed by atoms with Gasteiger partial charge in [-0.05, 0) is 31.4 Å². The van der Waals surface area contributed by atoms with Crippen molar-refractivity contribution in [3.8, 4) is 5.75 Å². The minimum atomic E-state index is 0.0366. The highest BCUT2D eigenvalue weighted by Gasteiger charge is 2.19. The van der Waals surface area contributed by atoms with Crippen LogP contribution in [0, 0.1) is 5.92 Å². The van der Waals surface area contributed by atoms with Gasteiger partial charge >= 0.3 is 0 Å². The van der Waals surface area contributed by atoms with Crippen molar-refractivity contribution in [1.29, 1.82) is 0 Å². The Bertz CT molecular complexity index is 499. The van der Waals surface area contributed by atoms with Crippen molar-refractivity contribution in [2.45, 2.75) is 32.2 Å². The van der Waals surface area contributed by atoms with E-state index in [1.807, 2.05) is 43.3 Å². The quantitative estimate of drug-likeness (QED) is 0.756. The highest BCUT2D eigenvalue weighted by atomic mass is 16.5. The molecule has 114 valence electrons. The number of carbonyl (C=O) groups excluding carboxylic acids is 1. The lowest BCUT2D eigenvalue weighted by Crippen LogP contribution is -2.33. The van der Waals surface area contributed by atoms with E-state index in [1.54, 1.807) is 0 Å². The van der Waals surface area contributed by atoms with E-state index in [1.165, 1.54) is 0 Å². The second-order valence-corrected chi connectivity index (χ2v) is 5.28. The maximum atomic E-state index is 12.0. The van der Waals surface area contributed by atoms with Crippen molar-refractivity contribution < 1.29 is 14.6 Å². The molecule has 2 N–H and O–H groups in total. The molecule has 1 amide bonds. The average molecular weight is 289 g/mol. The number of amides is 1. The Labute approximate surface area is 125 Å². The molecule has 0 radical (unpaired) electrons. The summed E-state index contributed by atoms with van der Waals surface area (Å²) in [7, 11) is 0. The molecule has 0 aromatic heterocycles. The minimum absolute atomic E-state index is 0.0366. The average Bonchev–Trinajstić information content (AvgIpc) is 2.94. The second kappa shape index (κ2) is 7.84. The van der Waals surface area contributed by atoms with E-state index in [-0.39, 0.29) is 24.5 Å². The van der Waals surface area contributed by atoms with Gasteiger partial charge in [0, 0.05) is 25.0 Å². The van der Waals surface area contributed by atoms with E-state index < -0.39 is 0 Å². The van der Waals surface area contributed by atoms with E-state index in [2.05, 4.69) is 5.32 Å². The zero-order chi connectivity index (χ0) is 15.1. The lowest BCUT2D eigenvalue weighted by atomic mass is 10.1. The summed E-state index contributed by atoms with van der Waals surface area (Å²) in [6.45, 7) is 2.72. The van der Waals surface area contributed by atoms with Crippen LogP contribution in [0.25, 0.3) is 0 Å². The fourth-order valence-electron chi connectivity index (χ4n) is 2.55. The van der Waals surface area contributed by atoms with E-state index in [0.29, 0.717) is 19.4 Å². The molecular formula is C17H23NO3. The topological polar surface area (TPSA) is 58.6 Å². The molecule has 0 aliphatic heterocycles. The van der Waals surface area contributed by atoms with Crippen molar-refractivity contribution >= 4 is 5.91 Å². The molecule has 0 fully saturated rings. The number of aryl methyl sites for hydroxylation is 1. The third-order valence-corrected chi connectivity index (χ3v) is 3.65. The molecule has 0 unspecified atom stereocenters. The largest absolute Gasteiger partial charge is 0.494 e. The second-order valence-electron chi connectivity index (χ2n) is 5.28.